The molecule has 0 bridgehead atoms. The molecule has 1 fully saturated rings. The van der Waals surface area contributed by atoms with Crippen LogP contribution in [0.25, 0.3) is 0 Å². The van der Waals surface area contributed by atoms with E-state index in [1.54, 1.807) is 0 Å². The van der Waals surface area contributed by atoms with E-state index in [1.165, 1.54) is 30.6 Å². The molecule has 1 aromatic rings. The van der Waals surface area contributed by atoms with Crippen molar-refractivity contribution in [1.82, 2.24) is 4.90 Å². The third-order valence-electron chi connectivity index (χ3n) is 3.98. The van der Waals surface area contributed by atoms with Gasteiger partial charge in [-0.15, -0.1) is 0 Å². The highest BCUT2D eigenvalue weighted by molar-refractivity contribution is 5.81. The molecule has 2 rings (SSSR count). The van der Waals surface area contributed by atoms with Gasteiger partial charge in [-0.2, -0.15) is 0 Å². The Morgan fingerprint density at radius 2 is 2.00 bits per heavy atom. The highest BCUT2D eigenvalue weighted by Gasteiger charge is 2.21. The predicted octanol–water partition coefficient (Wildman–Crippen LogP) is 3.00. The lowest BCUT2D eigenvalue weighted by Gasteiger charge is -2.32. The van der Waals surface area contributed by atoms with Crippen LogP contribution >= 0.6 is 0 Å². The minimum absolute atomic E-state index is 0.467. The molecular formula is C16H25N3. The Bertz CT molecular complexity index is 422. The first-order valence-electron chi connectivity index (χ1n) is 7.10. The maximum absolute atomic E-state index is 7.80. The van der Waals surface area contributed by atoms with Crippen LogP contribution in [0.5, 0.6) is 0 Å². The molecule has 0 amide bonds. The third kappa shape index (κ3) is 3.80. The molecule has 1 heterocycles. The van der Waals surface area contributed by atoms with E-state index in [1.807, 2.05) is 6.92 Å². The lowest BCUT2D eigenvalue weighted by Crippen LogP contribution is -2.37. The smallest absolute Gasteiger partial charge is 0.0361 e. The normalized spacial score (nSPS) is 20.3. The van der Waals surface area contributed by atoms with E-state index in [0.29, 0.717) is 5.92 Å². The van der Waals surface area contributed by atoms with Crippen molar-refractivity contribution in [2.45, 2.75) is 26.3 Å². The van der Waals surface area contributed by atoms with Gasteiger partial charge in [0.2, 0.25) is 0 Å². The van der Waals surface area contributed by atoms with Crippen LogP contribution in [0.1, 0.15) is 25.3 Å². The van der Waals surface area contributed by atoms with Gasteiger partial charge in [0.05, 0.1) is 0 Å². The molecule has 1 aromatic carbocycles. The topological polar surface area (TPSA) is 30.3 Å². The van der Waals surface area contributed by atoms with E-state index in [-0.39, 0.29) is 0 Å². The zero-order valence-corrected chi connectivity index (χ0v) is 12.3. The van der Waals surface area contributed by atoms with E-state index in [2.05, 4.69) is 48.2 Å². The zero-order chi connectivity index (χ0) is 13.8. The second-order valence-corrected chi connectivity index (χ2v) is 5.82. The molecule has 1 saturated heterocycles. The molecule has 3 heteroatoms. The number of benzene rings is 1. The number of hydrogen-bond donors (Lipinski definition) is 1. The largest absolute Gasteiger partial charge is 0.378 e. The fourth-order valence-electron chi connectivity index (χ4n) is 2.71. The van der Waals surface area contributed by atoms with Crippen LogP contribution in [0.2, 0.25) is 0 Å². The Morgan fingerprint density at radius 3 is 2.58 bits per heavy atom. The van der Waals surface area contributed by atoms with Gasteiger partial charge in [-0.05, 0) is 44.0 Å². The van der Waals surface area contributed by atoms with Crippen LogP contribution in [-0.2, 0) is 6.54 Å². The van der Waals surface area contributed by atoms with Crippen molar-refractivity contribution in [3.8, 4) is 0 Å². The molecule has 0 saturated carbocycles. The van der Waals surface area contributed by atoms with Crippen molar-refractivity contribution in [3.05, 3.63) is 29.8 Å². The molecule has 0 radical (unpaired) electrons. The SMILES string of the molecule is CC(=N)C1CCCN(Cc2ccc(N(C)C)cc2)C1. The number of nitrogens with one attached hydrogen (secondary N) is 1. The molecule has 1 aliphatic rings. The summed E-state index contributed by atoms with van der Waals surface area (Å²) in [6.07, 6.45) is 2.40. The molecule has 3 nitrogen and oxygen atoms in total. The number of piperidine rings is 1. The number of rotatable bonds is 4. The Kier molecular flexibility index (Phi) is 4.59. The van der Waals surface area contributed by atoms with Crippen molar-refractivity contribution in [3.63, 3.8) is 0 Å². The van der Waals surface area contributed by atoms with Gasteiger partial charge >= 0.3 is 0 Å². The van der Waals surface area contributed by atoms with Gasteiger partial charge in [-0.3, -0.25) is 4.90 Å². The van der Waals surface area contributed by atoms with Crippen LogP contribution in [0.15, 0.2) is 24.3 Å². The lowest BCUT2D eigenvalue weighted by molar-refractivity contribution is 0.196. The number of nitrogens with zero attached hydrogens (tertiary/aromatic N) is 2. The van der Waals surface area contributed by atoms with Gasteiger partial charge in [0.1, 0.15) is 0 Å². The Balaban J connectivity index is 1.95. The minimum Gasteiger partial charge on any atom is -0.378 e. The molecule has 0 aromatic heterocycles. The first-order valence-corrected chi connectivity index (χ1v) is 7.10. The Labute approximate surface area is 116 Å². The van der Waals surface area contributed by atoms with Crippen molar-refractivity contribution < 1.29 is 0 Å². The lowest BCUT2D eigenvalue weighted by atomic mass is 9.94. The van der Waals surface area contributed by atoms with Gasteiger partial charge in [0, 0.05) is 44.5 Å². The molecule has 19 heavy (non-hydrogen) atoms. The molecule has 104 valence electrons. The number of likely N-dealkylation sites (tertiary alicyclic amines) is 1. The average molecular weight is 259 g/mol. The fraction of sp³-hybridized carbons (Fsp3) is 0.562. The average Bonchev–Trinajstić information content (AvgIpc) is 2.39. The number of hydrogen-bond acceptors (Lipinski definition) is 3. The van der Waals surface area contributed by atoms with Gasteiger partial charge in [-0.25, -0.2) is 0 Å². The van der Waals surface area contributed by atoms with E-state index in [4.69, 9.17) is 5.41 Å². The standard InChI is InChI=1S/C16H25N3/c1-13(17)15-5-4-10-19(12-15)11-14-6-8-16(9-7-14)18(2)3/h6-9,15,17H,4-5,10-12H2,1-3H3. The highest BCUT2D eigenvalue weighted by atomic mass is 15.1. The van der Waals surface area contributed by atoms with Crippen molar-refractivity contribution in [2.75, 3.05) is 32.1 Å². The highest BCUT2D eigenvalue weighted by Crippen LogP contribution is 2.20. The molecule has 1 unspecified atom stereocenters. The Hall–Kier alpha value is -1.35. The van der Waals surface area contributed by atoms with Crippen LogP contribution in [0.3, 0.4) is 0 Å². The van der Waals surface area contributed by atoms with E-state index in [0.717, 1.165) is 18.8 Å². The van der Waals surface area contributed by atoms with Crippen LogP contribution < -0.4 is 4.90 Å². The van der Waals surface area contributed by atoms with Crippen LogP contribution in [0, 0.1) is 11.3 Å². The first-order chi connectivity index (χ1) is 9.06. The first kappa shape index (κ1) is 14.1. The van der Waals surface area contributed by atoms with Crippen LogP contribution in [-0.4, -0.2) is 37.8 Å². The quantitative estimate of drug-likeness (QED) is 0.843. The summed E-state index contributed by atoms with van der Waals surface area (Å²) in [5, 5.41) is 7.80. The zero-order valence-electron chi connectivity index (χ0n) is 12.3. The van der Waals surface area contributed by atoms with Gasteiger partial charge in [0.25, 0.3) is 0 Å². The molecule has 0 spiro atoms. The summed E-state index contributed by atoms with van der Waals surface area (Å²) in [4.78, 5) is 4.61. The summed E-state index contributed by atoms with van der Waals surface area (Å²) in [5.74, 6) is 0.467. The Morgan fingerprint density at radius 1 is 1.32 bits per heavy atom. The maximum Gasteiger partial charge on any atom is 0.0361 e. The van der Waals surface area contributed by atoms with Crippen molar-refractivity contribution in [1.29, 1.82) is 5.41 Å². The van der Waals surface area contributed by atoms with E-state index >= 15 is 0 Å². The maximum atomic E-state index is 7.80. The second kappa shape index (κ2) is 6.20. The van der Waals surface area contributed by atoms with Gasteiger partial charge in [0.15, 0.2) is 0 Å². The fourth-order valence-corrected chi connectivity index (χ4v) is 2.71. The molecule has 1 atom stereocenters. The van der Waals surface area contributed by atoms with Crippen LogP contribution in [0.4, 0.5) is 5.69 Å². The minimum atomic E-state index is 0.467. The second-order valence-electron chi connectivity index (χ2n) is 5.82. The summed E-state index contributed by atoms with van der Waals surface area (Å²) < 4.78 is 0. The van der Waals surface area contributed by atoms with Gasteiger partial charge in [-0.1, -0.05) is 12.1 Å². The van der Waals surface area contributed by atoms with E-state index < -0.39 is 0 Å². The molecule has 1 aliphatic heterocycles. The predicted molar refractivity (Wildman–Crippen MR) is 82.2 cm³/mol. The molecule has 0 aliphatic carbocycles. The van der Waals surface area contributed by atoms with Crippen molar-refractivity contribution >= 4 is 11.4 Å². The molecular weight excluding hydrogens is 234 g/mol. The number of anilines is 1. The van der Waals surface area contributed by atoms with Crippen molar-refractivity contribution in [2.24, 2.45) is 5.92 Å². The summed E-state index contributed by atoms with van der Waals surface area (Å²) >= 11 is 0. The van der Waals surface area contributed by atoms with E-state index in [9.17, 15) is 0 Å². The summed E-state index contributed by atoms with van der Waals surface area (Å²) in [6.45, 7) is 5.17. The van der Waals surface area contributed by atoms with Gasteiger partial charge < -0.3 is 10.3 Å². The summed E-state index contributed by atoms with van der Waals surface area (Å²) in [6, 6.07) is 8.80. The summed E-state index contributed by atoms with van der Waals surface area (Å²) in [5.41, 5.74) is 3.46. The monoisotopic (exact) mass is 259 g/mol. The third-order valence-corrected chi connectivity index (χ3v) is 3.98. The summed E-state index contributed by atoms with van der Waals surface area (Å²) in [7, 11) is 4.13. The molecule has 1 N–H and O–H groups in total.